The SMILES string of the molecule is CCC1C(=O)NCCN1C(=O)CCC1CCCCN1. The van der Waals surface area contributed by atoms with Crippen LogP contribution in [-0.4, -0.2) is 48.4 Å². The molecule has 5 nitrogen and oxygen atoms in total. The van der Waals surface area contributed by atoms with Crippen LogP contribution in [-0.2, 0) is 9.59 Å². The van der Waals surface area contributed by atoms with Crippen LogP contribution in [0.5, 0.6) is 0 Å². The molecule has 0 aromatic carbocycles. The number of piperidine rings is 1. The third-order valence-electron chi connectivity index (χ3n) is 4.16. The number of hydrogen-bond donors (Lipinski definition) is 2. The van der Waals surface area contributed by atoms with Crippen LogP contribution < -0.4 is 10.6 Å². The molecule has 2 unspecified atom stereocenters. The van der Waals surface area contributed by atoms with Gasteiger partial charge in [-0.05, 0) is 32.2 Å². The Morgan fingerprint density at radius 2 is 2.21 bits per heavy atom. The molecule has 2 fully saturated rings. The summed E-state index contributed by atoms with van der Waals surface area (Å²) in [6, 6.07) is 0.219. The van der Waals surface area contributed by atoms with Crippen LogP contribution >= 0.6 is 0 Å². The number of piperazine rings is 1. The van der Waals surface area contributed by atoms with E-state index in [1.807, 2.05) is 6.92 Å². The summed E-state index contributed by atoms with van der Waals surface area (Å²) in [4.78, 5) is 25.8. The van der Waals surface area contributed by atoms with Crippen molar-refractivity contribution in [3.05, 3.63) is 0 Å². The molecule has 19 heavy (non-hydrogen) atoms. The Bertz CT molecular complexity index is 327. The highest BCUT2D eigenvalue weighted by Gasteiger charge is 2.31. The van der Waals surface area contributed by atoms with Gasteiger partial charge in [0.05, 0.1) is 0 Å². The summed E-state index contributed by atoms with van der Waals surface area (Å²) in [5.41, 5.74) is 0. The van der Waals surface area contributed by atoms with E-state index in [9.17, 15) is 9.59 Å². The molecule has 5 heteroatoms. The summed E-state index contributed by atoms with van der Waals surface area (Å²) in [5, 5.41) is 6.29. The fraction of sp³-hybridized carbons (Fsp3) is 0.857. The van der Waals surface area contributed by atoms with E-state index in [-0.39, 0.29) is 17.9 Å². The highest BCUT2D eigenvalue weighted by Crippen LogP contribution is 2.15. The lowest BCUT2D eigenvalue weighted by Gasteiger charge is -2.35. The van der Waals surface area contributed by atoms with Crippen LogP contribution in [0.15, 0.2) is 0 Å². The molecule has 0 aromatic rings. The predicted octanol–water partition coefficient (Wildman–Crippen LogP) is 0.646. The molecule has 2 heterocycles. The second kappa shape index (κ2) is 6.89. The lowest BCUT2D eigenvalue weighted by atomic mass is 9.99. The zero-order valence-electron chi connectivity index (χ0n) is 11.8. The number of amides is 2. The van der Waals surface area contributed by atoms with E-state index in [4.69, 9.17) is 0 Å². The van der Waals surface area contributed by atoms with Crippen molar-refractivity contribution in [2.75, 3.05) is 19.6 Å². The standard InChI is InChI=1S/C14H25N3O2/c1-2-12-14(19)16-9-10-17(12)13(18)7-6-11-5-3-4-8-15-11/h11-12,15H,2-10H2,1H3,(H,16,19). The summed E-state index contributed by atoms with van der Waals surface area (Å²) in [6.45, 7) is 4.27. The molecule has 108 valence electrons. The molecule has 2 saturated heterocycles. The quantitative estimate of drug-likeness (QED) is 0.786. The molecule has 2 aliphatic heterocycles. The summed E-state index contributed by atoms with van der Waals surface area (Å²) < 4.78 is 0. The molecule has 0 saturated carbocycles. The van der Waals surface area contributed by atoms with Gasteiger partial charge < -0.3 is 15.5 Å². The van der Waals surface area contributed by atoms with Crippen molar-refractivity contribution in [3.8, 4) is 0 Å². The smallest absolute Gasteiger partial charge is 0.242 e. The topological polar surface area (TPSA) is 61.4 Å². The minimum atomic E-state index is -0.263. The molecule has 0 aromatic heterocycles. The number of nitrogens with zero attached hydrogens (tertiary/aromatic N) is 1. The average molecular weight is 267 g/mol. The van der Waals surface area contributed by atoms with Gasteiger partial charge in [-0.15, -0.1) is 0 Å². The van der Waals surface area contributed by atoms with E-state index >= 15 is 0 Å². The Kier molecular flexibility index (Phi) is 5.19. The molecular weight excluding hydrogens is 242 g/mol. The van der Waals surface area contributed by atoms with Gasteiger partial charge in [-0.1, -0.05) is 13.3 Å². The van der Waals surface area contributed by atoms with E-state index in [1.54, 1.807) is 4.90 Å². The van der Waals surface area contributed by atoms with Gasteiger partial charge in [0.25, 0.3) is 0 Å². The van der Waals surface area contributed by atoms with Crippen LogP contribution in [0.4, 0.5) is 0 Å². The molecule has 2 rings (SSSR count). The fourth-order valence-corrected chi connectivity index (χ4v) is 3.03. The summed E-state index contributed by atoms with van der Waals surface area (Å²) in [5.74, 6) is 0.131. The second-order valence-corrected chi connectivity index (χ2v) is 5.49. The Balaban J connectivity index is 1.82. The Morgan fingerprint density at radius 1 is 1.37 bits per heavy atom. The first-order valence-electron chi connectivity index (χ1n) is 7.53. The van der Waals surface area contributed by atoms with Crippen molar-refractivity contribution < 1.29 is 9.59 Å². The van der Waals surface area contributed by atoms with Crippen molar-refractivity contribution in [3.63, 3.8) is 0 Å². The minimum Gasteiger partial charge on any atom is -0.353 e. The highest BCUT2D eigenvalue weighted by atomic mass is 16.2. The lowest BCUT2D eigenvalue weighted by Crippen LogP contribution is -2.57. The Morgan fingerprint density at radius 3 is 2.89 bits per heavy atom. The van der Waals surface area contributed by atoms with E-state index in [0.29, 0.717) is 32.0 Å². The van der Waals surface area contributed by atoms with Gasteiger partial charge in [-0.3, -0.25) is 9.59 Å². The molecule has 0 bridgehead atoms. The van der Waals surface area contributed by atoms with Gasteiger partial charge in [0.15, 0.2) is 0 Å². The Labute approximate surface area is 115 Å². The normalized spacial score (nSPS) is 28.1. The largest absolute Gasteiger partial charge is 0.353 e. The van der Waals surface area contributed by atoms with Gasteiger partial charge in [0, 0.05) is 25.6 Å². The maximum absolute atomic E-state index is 12.3. The number of nitrogens with one attached hydrogen (secondary N) is 2. The second-order valence-electron chi connectivity index (χ2n) is 5.49. The molecule has 0 spiro atoms. The van der Waals surface area contributed by atoms with Crippen LogP contribution in [0, 0.1) is 0 Å². The van der Waals surface area contributed by atoms with E-state index in [2.05, 4.69) is 10.6 Å². The number of carbonyl (C=O) groups excluding carboxylic acids is 2. The van der Waals surface area contributed by atoms with Crippen molar-refractivity contribution in [1.29, 1.82) is 0 Å². The van der Waals surface area contributed by atoms with Gasteiger partial charge in [-0.2, -0.15) is 0 Å². The van der Waals surface area contributed by atoms with E-state index < -0.39 is 0 Å². The molecule has 0 radical (unpaired) electrons. The zero-order chi connectivity index (χ0) is 13.7. The molecule has 2 aliphatic rings. The fourth-order valence-electron chi connectivity index (χ4n) is 3.03. The maximum Gasteiger partial charge on any atom is 0.242 e. The first-order valence-corrected chi connectivity index (χ1v) is 7.53. The van der Waals surface area contributed by atoms with Crippen molar-refractivity contribution >= 4 is 11.8 Å². The zero-order valence-corrected chi connectivity index (χ0v) is 11.8. The molecule has 2 atom stereocenters. The predicted molar refractivity (Wildman–Crippen MR) is 73.7 cm³/mol. The molecule has 2 amide bonds. The van der Waals surface area contributed by atoms with Gasteiger partial charge >= 0.3 is 0 Å². The van der Waals surface area contributed by atoms with Crippen LogP contribution in [0.2, 0.25) is 0 Å². The molecule has 0 aliphatic carbocycles. The third-order valence-corrected chi connectivity index (χ3v) is 4.16. The summed E-state index contributed by atoms with van der Waals surface area (Å²) >= 11 is 0. The number of rotatable bonds is 4. The average Bonchev–Trinajstić information content (AvgIpc) is 2.45. The maximum atomic E-state index is 12.3. The van der Waals surface area contributed by atoms with Crippen molar-refractivity contribution in [2.24, 2.45) is 0 Å². The number of hydrogen-bond acceptors (Lipinski definition) is 3. The minimum absolute atomic E-state index is 0.00195. The monoisotopic (exact) mass is 267 g/mol. The van der Waals surface area contributed by atoms with Crippen LogP contribution in [0.25, 0.3) is 0 Å². The van der Waals surface area contributed by atoms with Gasteiger partial charge in [0.2, 0.25) is 11.8 Å². The van der Waals surface area contributed by atoms with Gasteiger partial charge in [0.1, 0.15) is 6.04 Å². The summed E-state index contributed by atoms with van der Waals surface area (Å²) in [6.07, 6.45) is 5.82. The van der Waals surface area contributed by atoms with E-state index in [0.717, 1.165) is 13.0 Å². The van der Waals surface area contributed by atoms with Crippen LogP contribution in [0.1, 0.15) is 45.4 Å². The summed E-state index contributed by atoms with van der Waals surface area (Å²) in [7, 11) is 0. The van der Waals surface area contributed by atoms with E-state index in [1.165, 1.54) is 19.3 Å². The molecular formula is C14H25N3O2. The van der Waals surface area contributed by atoms with Crippen LogP contribution in [0.3, 0.4) is 0 Å². The highest BCUT2D eigenvalue weighted by molar-refractivity contribution is 5.88. The molecule has 2 N–H and O–H groups in total. The first-order chi connectivity index (χ1) is 9.22. The van der Waals surface area contributed by atoms with Gasteiger partial charge in [-0.25, -0.2) is 0 Å². The van der Waals surface area contributed by atoms with Crippen molar-refractivity contribution in [2.45, 2.75) is 57.5 Å². The number of carbonyl (C=O) groups is 2. The Hall–Kier alpha value is -1.10. The van der Waals surface area contributed by atoms with Crippen molar-refractivity contribution in [1.82, 2.24) is 15.5 Å². The first kappa shape index (κ1) is 14.3. The lowest BCUT2D eigenvalue weighted by molar-refractivity contribution is -0.143. The third kappa shape index (κ3) is 3.69.